The Kier molecular flexibility index (Phi) is 5.64. The Balaban J connectivity index is 1.49. The van der Waals surface area contributed by atoms with Crippen LogP contribution in [0.3, 0.4) is 0 Å². The number of fused-ring (bicyclic) bond motifs is 1. The van der Waals surface area contributed by atoms with Crippen LogP contribution in [0.4, 0.5) is 5.13 Å². The Morgan fingerprint density at radius 1 is 1.22 bits per heavy atom. The molecular formula is C19H17BrClN3OS2. The number of thioether (sulfide) groups is 1. The van der Waals surface area contributed by atoms with Crippen molar-refractivity contribution in [1.29, 1.82) is 0 Å². The Hall–Kier alpha value is -1.28. The molecule has 0 N–H and O–H groups in total. The molecule has 1 aliphatic heterocycles. The van der Waals surface area contributed by atoms with Gasteiger partial charge in [0.05, 0.1) is 20.8 Å². The second-order valence-corrected chi connectivity index (χ2v) is 9.39. The zero-order valence-electron chi connectivity index (χ0n) is 14.6. The first-order valence-corrected chi connectivity index (χ1v) is 11.7. The number of rotatable bonds is 3. The summed E-state index contributed by atoms with van der Waals surface area (Å²) in [6, 6.07) is 11.7. The highest BCUT2D eigenvalue weighted by molar-refractivity contribution is 9.10. The molecule has 4 rings (SSSR count). The van der Waals surface area contributed by atoms with Crippen LogP contribution in [-0.4, -0.2) is 48.2 Å². The maximum Gasteiger partial charge on any atom is 0.255 e. The number of piperazine rings is 1. The summed E-state index contributed by atoms with van der Waals surface area (Å²) in [5.74, 6) is -0.0186. The van der Waals surface area contributed by atoms with Crippen molar-refractivity contribution in [2.24, 2.45) is 0 Å². The van der Waals surface area contributed by atoms with Crippen molar-refractivity contribution < 1.29 is 4.79 Å². The largest absolute Gasteiger partial charge is 0.345 e. The van der Waals surface area contributed by atoms with Crippen LogP contribution in [0, 0.1) is 0 Å². The minimum Gasteiger partial charge on any atom is -0.345 e. The summed E-state index contributed by atoms with van der Waals surface area (Å²) in [7, 11) is 0. The lowest BCUT2D eigenvalue weighted by atomic mass is 10.2. The second kappa shape index (κ2) is 7.99. The first kappa shape index (κ1) is 19.1. The van der Waals surface area contributed by atoms with Crippen LogP contribution in [0.15, 0.2) is 45.8 Å². The van der Waals surface area contributed by atoms with Crippen LogP contribution in [0.2, 0.25) is 5.02 Å². The van der Waals surface area contributed by atoms with Gasteiger partial charge in [0, 0.05) is 35.5 Å². The van der Waals surface area contributed by atoms with E-state index in [1.54, 1.807) is 35.2 Å². The van der Waals surface area contributed by atoms with E-state index >= 15 is 0 Å². The summed E-state index contributed by atoms with van der Waals surface area (Å²) in [5, 5.41) is 1.51. The van der Waals surface area contributed by atoms with E-state index in [0.717, 1.165) is 28.2 Å². The lowest BCUT2D eigenvalue weighted by molar-refractivity contribution is 0.0747. The van der Waals surface area contributed by atoms with Crippen LogP contribution in [0.5, 0.6) is 0 Å². The number of aromatic nitrogens is 1. The molecule has 27 heavy (non-hydrogen) atoms. The average Bonchev–Trinajstić information content (AvgIpc) is 3.14. The fourth-order valence-corrected chi connectivity index (χ4v) is 5.38. The molecule has 8 heteroatoms. The van der Waals surface area contributed by atoms with Gasteiger partial charge >= 0.3 is 0 Å². The van der Waals surface area contributed by atoms with Gasteiger partial charge in [-0.3, -0.25) is 4.79 Å². The molecule has 140 valence electrons. The van der Waals surface area contributed by atoms with E-state index in [-0.39, 0.29) is 5.91 Å². The van der Waals surface area contributed by atoms with Crippen molar-refractivity contribution in [2.45, 2.75) is 4.90 Å². The summed E-state index contributed by atoms with van der Waals surface area (Å²) in [5.41, 5.74) is 1.62. The van der Waals surface area contributed by atoms with Crippen LogP contribution < -0.4 is 4.90 Å². The molecule has 0 saturated carbocycles. The van der Waals surface area contributed by atoms with Gasteiger partial charge in [0.25, 0.3) is 5.91 Å². The Bertz CT molecular complexity index is 1000. The fraction of sp³-hybridized carbons (Fsp3) is 0.263. The standard InChI is InChI=1S/C19H17BrClN3OS2/c1-26-15-3-2-4-16-17(15)22-19(27-16)24-9-7-23(8-10-24)18(25)13-11-12(20)5-6-14(13)21/h2-6,11H,7-10H2,1H3. The molecule has 2 aromatic carbocycles. The minimum atomic E-state index is -0.0186. The van der Waals surface area contributed by atoms with Gasteiger partial charge in [-0.1, -0.05) is 44.9 Å². The van der Waals surface area contributed by atoms with E-state index in [1.165, 1.54) is 9.60 Å². The van der Waals surface area contributed by atoms with Crippen LogP contribution in [0.25, 0.3) is 10.2 Å². The van der Waals surface area contributed by atoms with E-state index < -0.39 is 0 Å². The summed E-state index contributed by atoms with van der Waals surface area (Å²) in [4.78, 5) is 23.0. The summed E-state index contributed by atoms with van der Waals surface area (Å²) < 4.78 is 2.06. The maximum atomic E-state index is 12.8. The molecular weight excluding hydrogens is 466 g/mol. The third kappa shape index (κ3) is 3.83. The van der Waals surface area contributed by atoms with Gasteiger partial charge in [-0.2, -0.15) is 0 Å². The fourth-order valence-electron chi connectivity index (χ4n) is 3.14. The highest BCUT2D eigenvalue weighted by Crippen LogP contribution is 2.34. The highest BCUT2D eigenvalue weighted by Gasteiger charge is 2.25. The zero-order valence-corrected chi connectivity index (χ0v) is 18.6. The van der Waals surface area contributed by atoms with Gasteiger partial charge in [-0.15, -0.1) is 11.8 Å². The van der Waals surface area contributed by atoms with Crippen molar-refractivity contribution in [3.8, 4) is 0 Å². The number of hydrogen-bond donors (Lipinski definition) is 0. The molecule has 0 aliphatic carbocycles. The number of carbonyl (C=O) groups is 1. The first-order chi connectivity index (χ1) is 13.1. The molecule has 2 heterocycles. The number of para-hydroxylation sites is 1. The normalized spacial score (nSPS) is 14.8. The zero-order chi connectivity index (χ0) is 19.0. The number of nitrogens with zero attached hydrogens (tertiary/aromatic N) is 3. The van der Waals surface area contributed by atoms with Gasteiger partial charge < -0.3 is 9.80 Å². The van der Waals surface area contributed by atoms with E-state index in [9.17, 15) is 4.79 Å². The van der Waals surface area contributed by atoms with Crippen LogP contribution >= 0.6 is 50.6 Å². The molecule has 0 bridgehead atoms. The van der Waals surface area contributed by atoms with Crippen molar-refractivity contribution in [2.75, 3.05) is 37.3 Å². The van der Waals surface area contributed by atoms with Crippen LogP contribution in [-0.2, 0) is 0 Å². The molecule has 1 fully saturated rings. The van der Waals surface area contributed by atoms with Crippen molar-refractivity contribution in [3.63, 3.8) is 0 Å². The number of halogens is 2. The minimum absolute atomic E-state index is 0.0186. The monoisotopic (exact) mass is 481 g/mol. The number of benzene rings is 2. The van der Waals surface area contributed by atoms with E-state index in [2.05, 4.69) is 45.3 Å². The van der Waals surface area contributed by atoms with Gasteiger partial charge in [0.1, 0.15) is 0 Å². The topological polar surface area (TPSA) is 36.4 Å². The summed E-state index contributed by atoms with van der Waals surface area (Å²) in [6.07, 6.45) is 2.07. The number of amides is 1. The number of carbonyl (C=O) groups excluding carboxylic acids is 1. The maximum absolute atomic E-state index is 12.8. The number of anilines is 1. The van der Waals surface area contributed by atoms with Gasteiger partial charge in [0.15, 0.2) is 5.13 Å². The Morgan fingerprint density at radius 3 is 2.74 bits per heavy atom. The Morgan fingerprint density at radius 2 is 2.00 bits per heavy atom. The predicted molar refractivity (Wildman–Crippen MR) is 119 cm³/mol. The second-order valence-electron chi connectivity index (χ2n) is 6.21. The molecule has 0 spiro atoms. The van der Waals surface area contributed by atoms with E-state index in [0.29, 0.717) is 23.7 Å². The number of hydrogen-bond acceptors (Lipinski definition) is 5. The molecule has 3 aromatic rings. The third-order valence-electron chi connectivity index (χ3n) is 4.59. The molecule has 1 aromatic heterocycles. The summed E-state index contributed by atoms with van der Waals surface area (Å²) >= 11 is 13.1. The highest BCUT2D eigenvalue weighted by atomic mass is 79.9. The smallest absolute Gasteiger partial charge is 0.255 e. The molecule has 1 saturated heterocycles. The lowest BCUT2D eigenvalue weighted by Gasteiger charge is -2.34. The lowest BCUT2D eigenvalue weighted by Crippen LogP contribution is -2.48. The van der Waals surface area contributed by atoms with E-state index in [1.807, 2.05) is 11.0 Å². The quantitative estimate of drug-likeness (QED) is 0.469. The van der Waals surface area contributed by atoms with Crippen molar-refractivity contribution in [1.82, 2.24) is 9.88 Å². The third-order valence-corrected chi connectivity index (χ3v) is 7.26. The van der Waals surface area contributed by atoms with Gasteiger partial charge in [-0.25, -0.2) is 4.98 Å². The molecule has 4 nitrogen and oxygen atoms in total. The Labute approximate surface area is 179 Å². The number of thiazole rings is 1. The molecule has 0 atom stereocenters. The summed E-state index contributed by atoms with van der Waals surface area (Å²) in [6.45, 7) is 2.86. The molecule has 1 amide bonds. The van der Waals surface area contributed by atoms with E-state index in [4.69, 9.17) is 16.6 Å². The van der Waals surface area contributed by atoms with Crippen LogP contribution in [0.1, 0.15) is 10.4 Å². The average molecular weight is 483 g/mol. The van der Waals surface area contributed by atoms with Gasteiger partial charge in [-0.05, 0) is 36.6 Å². The molecule has 0 radical (unpaired) electrons. The molecule has 0 unspecified atom stereocenters. The van der Waals surface area contributed by atoms with Crippen molar-refractivity contribution >= 4 is 71.9 Å². The van der Waals surface area contributed by atoms with Gasteiger partial charge in [0.2, 0.25) is 0 Å². The molecule has 1 aliphatic rings. The van der Waals surface area contributed by atoms with Crippen molar-refractivity contribution in [3.05, 3.63) is 51.5 Å². The predicted octanol–water partition coefficient (Wildman–Crippen LogP) is 5.40. The SMILES string of the molecule is CSc1cccc2sc(N3CCN(C(=O)c4cc(Br)ccc4Cl)CC3)nc12. The first-order valence-electron chi connectivity index (χ1n) is 8.49.